The number of carbonyl (C=O) groups excluding carboxylic acids is 1. The predicted octanol–water partition coefficient (Wildman–Crippen LogP) is 1.54. The molecule has 0 aliphatic carbocycles. The van der Waals surface area contributed by atoms with Gasteiger partial charge in [-0.3, -0.25) is 9.78 Å². The largest absolute Gasteiger partial charge is 0.397 e. The molecule has 0 bridgehead atoms. The Morgan fingerprint density at radius 3 is 2.71 bits per heavy atom. The van der Waals surface area contributed by atoms with Gasteiger partial charge < -0.3 is 15.5 Å². The van der Waals surface area contributed by atoms with Crippen molar-refractivity contribution in [3.63, 3.8) is 0 Å². The number of anilines is 1. The Labute approximate surface area is 127 Å². The molecule has 5 heteroatoms. The molecule has 1 aliphatic heterocycles. The van der Waals surface area contributed by atoms with Crippen molar-refractivity contribution in [3.8, 4) is 0 Å². The Hall–Kier alpha value is -1.62. The zero-order valence-corrected chi connectivity index (χ0v) is 13.1. The molecule has 1 aromatic rings. The van der Waals surface area contributed by atoms with E-state index in [2.05, 4.69) is 16.8 Å². The fourth-order valence-corrected chi connectivity index (χ4v) is 2.87. The number of nitrogens with zero attached hydrogens (tertiary/aromatic N) is 3. The lowest BCUT2D eigenvalue weighted by molar-refractivity contribution is -0.132. The maximum absolute atomic E-state index is 12.3. The quantitative estimate of drug-likeness (QED) is 0.893. The number of hydrogen-bond donors (Lipinski definition) is 1. The second kappa shape index (κ2) is 7.41. The van der Waals surface area contributed by atoms with Crippen molar-refractivity contribution in [2.45, 2.75) is 38.6 Å². The molecule has 2 N–H and O–H groups in total. The fraction of sp³-hybridized carbons (Fsp3) is 0.625. The molecule has 1 fully saturated rings. The smallest absolute Gasteiger partial charge is 0.228 e. The van der Waals surface area contributed by atoms with Gasteiger partial charge in [-0.2, -0.15) is 0 Å². The summed E-state index contributed by atoms with van der Waals surface area (Å²) in [4.78, 5) is 20.9. The Balaban J connectivity index is 1.84. The minimum absolute atomic E-state index is 0.140. The molecule has 0 radical (unpaired) electrons. The monoisotopic (exact) mass is 290 g/mol. The number of hydrogen-bond acceptors (Lipinski definition) is 4. The highest BCUT2D eigenvalue weighted by molar-refractivity contribution is 5.78. The molecule has 2 heterocycles. The summed E-state index contributed by atoms with van der Waals surface area (Å²) in [6, 6.07) is 3.98. The van der Waals surface area contributed by atoms with E-state index in [1.807, 2.05) is 18.0 Å². The van der Waals surface area contributed by atoms with E-state index in [0.717, 1.165) is 31.6 Å². The van der Waals surface area contributed by atoms with E-state index in [1.54, 1.807) is 12.3 Å². The predicted molar refractivity (Wildman–Crippen MR) is 84.9 cm³/mol. The lowest BCUT2D eigenvalue weighted by Gasteiger charge is -2.36. The van der Waals surface area contributed by atoms with Crippen molar-refractivity contribution in [1.82, 2.24) is 14.8 Å². The second-order valence-corrected chi connectivity index (χ2v) is 5.84. The first kappa shape index (κ1) is 15.8. The molecular weight excluding hydrogens is 264 g/mol. The molecule has 1 saturated heterocycles. The van der Waals surface area contributed by atoms with E-state index in [-0.39, 0.29) is 5.91 Å². The zero-order chi connectivity index (χ0) is 15.2. The Morgan fingerprint density at radius 1 is 1.43 bits per heavy atom. The number of amides is 1. The number of nitrogens with two attached hydrogens (primary N) is 1. The van der Waals surface area contributed by atoms with Gasteiger partial charge in [-0.15, -0.1) is 0 Å². The highest BCUT2D eigenvalue weighted by atomic mass is 16.2. The Morgan fingerprint density at radius 2 is 2.14 bits per heavy atom. The summed E-state index contributed by atoms with van der Waals surface area (Å²) < 4.78 is 0. The maximum Gasteiger partial charge on any atom is 0.228 e. The first-order chi connectivity index (χ1) is 10.1. The third-order valence-corrected chi connectivity index (χ3v) is 4.22. The number of piperidine rings is 1. The van der Waals surface area contributed by atoms with Gasteiger partial charge in [0.1, 0.15) is 0 Å². The number of likely N-dealkylation sites (tertiary alicyclic amines) is 1. The molecule has 0 unspecified atom stereocenters. The van der Waals surface area contributed by atoms with Crippen LogP contribution in [0.2, 0.25) is 0 Å². The SMILES string of the molecule is CCCN1CCC(N(C)C(=O)Cc2ccc(N)cn2)CC1. The Kier molecular flexibility index (Phi) is 5.56. The molecule has 0 atom stereocenters. The summed E-state index contributed by atoms with van der Waals surface area (Å²) in [7, 11) is 1.92. The minimum atomic E-state index is 0.140. The first-order valence-corrected chi connectivity index (χ1v) is 7.78. The number of rotatable bonds is 5. The van der Waals surface area contributed by atoms with Gasteiger partial charge >= 0.3 is 0 Å². The number of carbonyl (C=O) groups is 1. The molecule has 5 nitrogen and oxygen atoms in total. The van der Waals surface area contributed by atoms with Crippen molar-refractivity contribution in [3.05, 3.63) is 24.0 Å². The number of pyridine rings is 1. The summed E-state index contributed by atoms with van der Waals surface area (Å²) in [5.41, 5.74) is 7.02. The summed E-state index contributed by atoms with van der Waals surface area (Å²) in [6.45, 7) is 5.56. The van der Waals surface area contributed by atoms with E-state index in [4.69, 9.17) is 5.73 Å². The van der Waals surface area contributed by atoms with E-state index < -0.39 is 0 Å². The lowest BCUT2D eigenvalue weighted by atomic mass is 10.0. The zero-order valence-electron chi connectivity index (χ0n) is 13.1. The molecule has 116 valence electrons. The minimum Gasteiger partial charge on any atom is -0.397 e. The summed E-state index contributed by atoms with van der Waals surface area (Å²) in [5.74, 6) is 0.140. The summed E-state index contributed by atoms with van der Waals surface area (Å²) in [5, 5.41) is 0. The normalized spacial score (nSPS) is 16.9. The third-order valence-electron chi connectivity index (χ3n) is 4.22. The van der Waals surface area contributed by atoms with Crippen LogP contribution in [0.3, 0.4) is 0 Å². The first-order valence-electron chi connectivity index (χ1n) is 7.78. The molecule has 0 aromatic carbocycles. The van der Waals surface area contributed by atoms with Crippen molar-refractivity contribution < 1.29 is 4.79 Å². The molecular formula is C16H26N4O. The highest BCUT2D eigenvalue weighted by Crippen LogP contribution is 2.16. The van der Waals surface area contributed by atoms with Crippen LogP contribution in [0.25, 0.3) is 0 Å². The summed E-state index contributed by atoms with van der Waals surface area (Å²) in [6.07, 6.45) is 5.29. The van der Waals surface area contributed by atoms with E-state index >= 15 is 0 Å². The van der Waals surface area contributed by atoms with Crippen molar-refractivity contribution in [1.29, 1.82) is 0 Å². The van der Waals surface area contributed by atoms with Crippen LogP contribution in [-0.2, 0) is 11.2 Å². The molecule has 0 spiro atoms. The van der Waals surface area contributed by atoms with Crippen molar-refractivity contribution >= 4 is 11.6 Å². The maximum atomic E-state index is 12.3. The number of likely N-dealkylation sites (N-methyl/N-ethyl adjacent to an activating group) is 1. The van der Waals surface area contributed by atoms with Gasteiger partial charge in [0, 0.05) is 31.9 Å². The lowest BCUT2D eigenvalue weighted by Crippen LogP contribution is -2.46. The van der Waals surface area contributed by atoms with Crippen molar-refractivity contribution in [2.24, 2.45) is 0 Å². The van der Waals surface area contributed by atoms with E-state index in [1.165, 1.54) is 13.0 Å². The van der Waals surface area contributed by atoms with E-state index in [9.17, 15) is 4.79 Å². The van der Waals surface area contributed by atoms with Crippen LogP contribution in [-0.4, -0.2) is 53.4 Å². The number of aromatic nitrogens is 1. The molecule has 1 aromatic heterocycles. The number of nitrogen functional groups attached to an aromatic ring is 1. The standard InChI is InChI=1S/C16H26N4O/c1-3-8-20-9-6-15(7-10-20)19(2)16(21)11-14-5-4-13(17)12-18-14/h4-5,12,15H,3,6-11,17H2,1-2H3. The van der Waals surface area contributed by atoms with Crippen LogP contribution in [0.1, 0.15) is 31.9 Å². The van der Waals surface area contributed by atoms with Crippen LogP contribution in [0.4, 0.5) is 5.69 Å². The van der Waals surface area contributed by atoms with Gasteiger partial charge in [0.15, 0.2) is 0 Å². The van der Waals surface area contributed by atoms with Gasteiger partial charge in [-0.05, 0) is 37.9 Å². The average Bonchev–Trinajstić information content (AvgIpc) is 2.50. The van der Waals surface area contributed by atoms with Gasteiger partial charge in [-0.25, -0.2) is 0 Å². The van der Waals surface area contributed by atoms with Gasteiger partial charge in [0.2, 0.25) is 5.91 Å². The third kappa shape index (κ3) is 4.43. The molecule has 1 amide bonds. The van der Waals surface area contributed by atoms with Crippen molar-refractivity contribution in [2.75, 3.05) is 32.4 Å². The molecule has 21 heavy (non-hydrogen) atoms. The van der Waals surface area contributed by atoms with Crippen LogP contribution in [0, 0.1) is 0 Å². The van der Waals surface area contributed by atoms with Crippen LogP contribution >= 0.6 is 0 Å². The van der Waals surface area contributed by atoms with Gasteiger partial charge in [0.25, 0.3) is 0 Å². The topological polar surface area (TPSA) is 62.5 Å². The average molecular weight is 290 g/mol. The Bertz CT molecular complexity index is 452. The molecule has 0 saturated carbocycles. The van der Waals surface area contributed by atoms with Crippen LogP contribution in [0.15, 0.2) is 18.3 Å². The van der Waals surface area contributed by atoms with Crippen LogP contribution in [0.5, 0.6) is 0 Å². The van der Waals surface area contributed by atoms with E-state index in [0.29, 0.717) is 18.2 Å². The van der Waals surface area contributed by atoms with Gasteiger partial charge in [-0.1, -0.05) is 6.92 Å². The van der Waals surface area contributed by atoms with Gasteiger partial charge in [0.05, 0.1) is 18.3 Å². The van der Waals surface area contributed by atoms with Crippen LogP contribution < -0.4 is 5.73 Å². The fourth-order valence-electron chi connectivity index (χ4n) is 2.87. The summed E-state index contributed by atoms with van der Waals surface area (Å²) >= 11 is 0. The molecule has 1 aliphatic rings. The highest BCUT2D eigenvalue weighted by Gasteiger charge is 2.25. The second-order valence-electron chi connectivity index (χ2n) is 5.84. The molecule has 2 rings (SSSR count).